The summed E-state index contributed by atoms with van der Waals surface area (Å²) in [6.45, 7) is 3.74. The number of nitrogens with one attached hydrogen (secondary N) is 1. The van der Waals surface area contributed by atoms with Gasteiger partial charge < -0.3 is 10.2 Å². The summed E-state index contributed by atoms with van der Waals surface area (Å²) in [5.41, 5.74) is 0. The third-order valence-corrected chi connectivity index (χ3v) is 2.58. The molecule has 0 fully saturated rings. The van der Waals surface area contributed by atoms with Crippen LogP contribution in [0.2, 0.25) is 0 Å². The fourth-order valence-corrected chi connectivity index (χ4v) is 1.70. The van der Waals surface area contributed by atoms with Gasteiger partial charge in [0.2, 0.25) is 0 Å². The van der Waals surface area contributed by atoms with Crippen molar-refractivity contribution in [3.8, 4) is 0 Å². The lowest BCUT2D eigenvalue weighted by atomic mass is 10.5. The van der Waals surface area contributed by atoms with E-state index in [4.69, 9.17) is 0 Å². The zero-order valence-electron chi connectivity index (χ0n) is 9.36. The quantitative estimate of drug-likeness (QED) is 0.520. The molecule has 5 heteroatoms. The molecular weight excluding hydrogens is 321 g/mol. The lowest BCUT2D eigenvalue weighted by Gasteiger charge is -2.16. The van der Waals surface area contributed by atoms with E-state index in [9.17, 15) is 0 Å². The molecule has 0 atom stereocenters. The Morgan fingerprint density at radius 2 is 2.27 bits per heavy atom. The second-order valence-corrected chi connectivity index (χ2v) is 4.18. The van der Waals surface area contributed by atoms with Crippen molar-refractivity contribution in [1.29, 1.82) is 0 Å². The van der Waals surface area contributed by atoms with Crippen molar-refractivity contribution in [3.05, 3.63) is 22.4 Å². The van der Waals surface area contributed by atoms with E-state index in [0.717, 1.165) is 19.0 Å². The predicted molar refractivity (Wildman–Crippen MR) is 78.2 cm³/mol. The van der Waals surface area contributed by atoms with Gasteiger partial charge in [-0.1, -0.05) is 6.07 Å². The lowest BCUT2D eigenvalue weighted by Crippen LogP contribution is -2.36. The Labute approximate surface area is 113 Å². The molecule has 0 saturated heterocycles. The van der Waals surface area contributed by atoms with Crippen LogP contribution >= 0.6 is 35.3 Å². The first-order chi connectivity index (χ1) is 6.74. The molecule has 0 bridgehead atoms. The van der Waals surface area contributed by atoms with Gasteiger partial charge in [-0.25, -0.2) is 4.99 Å². The van der Waals surface area contributed by atoms with Crippen molar-refractivity contribution in [2.75, 3.05) is 20.6 Å². The number of rotatable bonds is 3. The average Bonchev–Trinajstić information content (AvgIpc) is 2.64. The summed E-state index contributed by atoms with van der Waals surface area (Å²) >= 11 is 1.74. The van der Waals surface area contributed by atoms with E-state index in [2.05, 4.69) is 34.7 Å². The minimum atomic E-state index is 0. The zero-order chi connectivity index (χ0) is 10.4. The highest BCUT2D eigenvalue weighted by Crippen LogP contribution is 2.09. The maximum absolute atomic E-state index is 4.50. The molecule has 0 saturated carbocycles. The highest BCUT2D eigenvalue weighted by molar-refractivity contribution is 14.0. The van der Waals surface area contributed by atoms with Crippen molar-refractivity contribution in [3.63, 3.8) is 0 Å². The minimum Gasteiger partial charge on any atom is -0.357 e. The molecule has 15 heavy (non-hydrogen) atoms. The fourth-order valence-electron chi connectivity index (χ4n) is 1.07. The van der Waals surface area contributed by atoms with Crippen LogP contribution in [-0.4, -0.2) is 31.5 Å². The third kappa shape index (κ3) is 5.36. The first-order valence-corrected chi connectivity index (χ1v) is 5.60. The molecule has 0 amide bonds. The Balaban J connectivity index is 0.00000196. The monoisotopic (exact) mass is 339 g/mol. The highest BCUT2D eigenvalue weighted by Gasteiger charge is 1.99. The van der Waals surface area contributed by atoms with Crippen molar-refractivity contribution >= 4 is 41.3 Å². The maximum atomic E-state index is 4.50. The van der Waals surface area contributed by atoms with Gasteiger partial charge in [-0.2, -0.15) is 0 Å². The molecule has 1 N–H and O–H groups in total. The van der Waals surface area contributed by atoms with Gasteiger partial charge in [-0.3, -0.25) is 0 Å². The molecule has 0 unspecified atom stereocenters. The van der Waals surface area contributed by atoms with Crippen molar-refractivity contribution in [1.82, 2.24) is 10.2 Å². The number of halogens is 1. The molecule has 1 heterocycles. The summed E-state index contributed by atoms with van der Waals surface area (Å²) in [6.07, 6.45) is 0. The summed E-state index contributed by atoms with van der Waals surface area (Å²) in [5.74, 6) is 0.945. The van der Waals surface area contributed by atoms with Crippen molar-refractivity contribution in [2.24, 2.45) is 4.99 Å². The largest absolute Gasteiger partial charge is 0.357 e. The first-order valence-electron chi connectivity index (χ1n) is 4.72. The molecule has 0 radical (unpaired) electrons. The Hall–Kier alpha value is -0.300. The smallest absolute Gasteiger partial charge is 0.193 e. The van der Waals surface area contributed by atoms with Crippen LogP contribution in [0.5, 0.6) is 0 Å². The fraction of sp³-hybridized carbons (Fsp3) is 0.500. The number of hydrogen-bond acceptors (Lipinski definition) is 2. The Morgan fingerprint density at radius 1 is 1.53 bits per heavy atom. The third-order valence-electron chi connectivity index (χ3n) is 1.72. The van der Waals surface area contributed by atoms with Gasteiger partial charge in [0.1, 0.15) is 0 Å². The number of guanidine groups is 1. The van der Waals surface area contributed by atoms with Crippen LogP contribution in [0.1, 0.15) is 11.8 Å². The van der Waals surface area contributed by atoms with Crippen LogP contribution in [0.25, 0.3) is 0 Å². The van der Waals surface area contributed by atoms with Crippen molar-refractivity contribution < 1.29 is 0 Å². The minimum absolute atomic E-state index is 0. The van der Waals surface area contributed by atoms with Gasteiger partial charge in [0.15, 0.2) is 5.96 Å². The molecule has 0 spiro atoms. The first kappa shape index (κ1) is 14.7. The van der Waals surface area contributed by atoms with Crippen molar-refractivity contribution in [2.45, 2.75) is 13.5 Å². The van der Waals surface area contributed by atoms with E-state index in [1.54, 1.807) is 11.3 Å². The van der Waals surface area contributed by atoms with Crippen LogP contribution in [0.15, 0.2) is 22.5 Å². The molecular formula is C10H18IN3S. The second-order valence-electron chi connectivity index (χ2n) is 3.14. The number of thiophene rings is 1. The maximum Gasteiger partial charge on any atom is 0.193 e. The second kappa shape index (κ2) is 7.92. The molecule has 0 aliphatic rings. The van der Waals surface area contributed by atoms with E-state index in [-0.39, 0.29) is 24.0 Å². The SMILES string of the molecule is CCNC(=NCc1cccs1)N(C)C.I. The normalized spacial score (nSPS) is 10.7. The number of aliphatic imine (C=N–C) groups is 1. The molecule has 86 valence electrons. The highest BCUT2D eigenvalue weighted by atomic mass is 127. The summed E-state index contributed by atoms with van der Waals surface area (Å²) in [5, 5.41) is 5.30. The summed E-state index contributed by atoms with van der Waals surface area (Å²) in [6, 6.07) is 4.16. The van der Waals surface area contributed by atoms with Crippen LogP contribution in [0.4, 0.5) is 0 Å². The average molecular weight is 339 g/mol. The van der Waals surface area contributed by atoms with E-state index in [1.807, 2.05) is 19.0 Å². The Kier molecular flexibility index (Phi) is 7.76. The molecule has 1 aromatic rings. The molecule has 0 aliphatic carbocycles. The zero-order valence-corrected chi connectivity index (χ0v) is 12.5. The summed E-state index contributed by atoms with van der Waals surface area (Å²) in [7, 11) is 3.99. The van der Waals surface area contributed by atoms with Gasteiger partial charge >= 0.3 is 0 Å². The van der Waals surface area contributed by atoms with Gasteiger partial charge in [0, 0.05) is 25.5 Å². The summed E-state index contributed by atoms with van der Waals surface area (Å²) < 4.78 is 0. The molecule has 1 aromatic heterocycles. The topological polar surface area (TPSA) is 27.6 Å². The van der Waals surface area contributed by atoms with Crippen LogP contribution < -0.4 is 5.32 Å². The molecule has 0 aromatic carbocycles. The number of nitrogens with zero attached hydrogens (tertiary/aromatic N) is 2. The lowest BCUT2D eigenvalue weighted by molar-refractivity contribution is 0.583. The van der Waals surface area contributed by atoms with Crippen LogP contribution in [0, 0.1) is 0 Å². The van der Waals surface area contributed by atoms with Gasteiger partial charge in [-0.15, -0.1) is 35.3 Å². The van der Waals surface area contributed by atoms with Crippen LogP contribution in [0.3, 0.4) is 0 Å². The van der Waals surface area contributed by atoms with E-state index < -0.39 is 0 Å². The Morgan fingerprint density at radius 3 is 2.73 bits per heavy atom. The Bertz CT molecular complexity index is 283. The molecule has 0 aliphatic heterocycles. The van der Waals surface area contributed by atoms with Gasteiger partial charge in [0.25, 0.3) is 0 Å². The molecule has 3 nitrogen and oxygen atoms in total. The van der Waals surface area contributed by atoms with E-state index in [0.29, 0.717) is 0 Å². The van der Waals surface area contributed by atoms with Gasteiger partial charge in [-0.05, 0) is 18.4 Å². The van der Waals surface area contributed by atoms with Gasteiger partial charge in [0.05, 0.1) is 6.54 Å². The number of hydrogen-bond donors (Lipinski definition) is 1. The standard InChI is InChI=1S/C10H17N3S.HI/c1-4-11-10(13(2)3)12-8-9-6-5-7-14-9;/h5-7H,4,8H2,1-3H3,(H,11,12);1H. The molecule has 1 rings (SSSR count). The van der Waals surface area contributed by atoms with Crippen LogP contribution in [-0.2, 0) is 6.54 Å². The van der Waals surface area contributed by atoms with E-state index in [1.165, 1.54) is 4.88 Å². The summed E-state index contributed by atoms with van der Waals surface area (Å²) in [4.78, 5) is 7.79. The predicted octanol–water partition coefficient (Wildman–Crippen LogP) is 2.39. The van der Waals surface area contributed by atoms with E-state index >= 15 is 0 Å².